The number of pyridine rings is 2. The van der Waals surface area contributed by atoms with Gasteiger partial charge in [0.05, 0.1) is 16.2 Å². The third-order valence-corrected chi connectivity index (χ3v) is 5.00. The lowest BCUT2D eigenvalue weighted by Crippen LogP contribution is -1.90. The van der Waals surface area contributed by atoms with Crippen LogP contribution >= 0.6 is 43.5 Å². The van der Waals surface area contributed by atoms with Gasteiger partial charge in [-0.05, 0) is 51.8 Å². The second-order valence-corrected chi connectivity index (χ2v) is 7.58. The van der Waals surface area contributed by atoms with E-state index >= 15 is 0 Å². The molecule has 3 aromatic heterocycles. The van der Waals surface area contributed by atoms with Gasteiger partial charge in [-0.1, -0.05) is 27.5 Å². The molecule has 4 nitrogen and oxygen atoms in total. The number of nitrogens with one attached hydrogen (secondary N) is 1. The number of imidazole rings is 1. The smallest absolute Gasteiger partial charge is 0.157 e. The number of fused-ring (bicyclic) bond motifs is 1. The molecule has 0 saturated carbocycles. The Labute approximate surface area is 165 Å². The van der Waals surface area contributed by atoms with Crippen LogP contribution in [0.4, 0.5) is 0 Å². The van der Waals surface area contributed by atoms with Gasteiger partial charge in [0, 0.05) is 33.8 Å². The fourth-order valence-electron chi connectivity index (χ4n) is 2.50. The average molecular weight is 477 g/mol. The van der Waals surface area contributed by atoms with Crippen LogP contribution in [0.3, 0.4) is 0 Å². The van der Waals surface area contributed by atoms with Crippen LogP contribution < -0.4 is 0 Å². The van der Waals surface area contributed by atoms with Gasteiger partial charge in [0.2, 0.25) is 0 Å². The van der Waals surface area contributed by atoms with Crippen LogP contribution in [0.2, 0.25) is 5.02 Å². The minimum Gasteiger partial charge on any atom is -0.337 e. The van der Waals surface area contributed by atoms with Crippen LogP contribution in [0.25, 0.3) is 33.8 Å². The highest BCUT2D eigenvalue weighted by atomic mass is 79.9. The van der Waals surface area contributed by atoms with Crippen molar-refractivity contribution in [2.45, 2.75) is 0 Å². The lowest BCUT2D eigenvalue weighted by molar-refractivity contribution is 1.22. The van der Waals surface area contributed by atoms with Gasteiger partial charge in [-0.25, -0.2) is 4.98 Å². The summed E-state index contributed by atoms with van der Waals surface area (Å²) in [7, 11) is 0. The van der Waals surface area contributed by atoms with Crippen molar-refractivity contribution < 1.29 is 0 Å². The molecular weight excluding hydrogens is 467 g/mol. The van der Waals surface area contributed by atoms with E-state index in [1.54, 1.807) is 18.5 Å². The van der Waals surface area contributed by atoms with Gasteiger partial charge >= 0.3 is 0 Å². The van der Waals surface area contributed by atoms with Crippen LogP contribution in [0, 0.1) is 6.92 Å². The molecule has 0 spiro atoms. The molecule has 7 heteroatoms. The molecule has 0 atom stereocenters. The largest absolute Gasteiger partial charge is 0.337 e. The SMILES string of the molecule is [CH]c1cnc(-c2ccc(-c3nc4c(Br)cc(Br)cc4[nH]3)nc2)c(Cl)c1. The van der Waals surface area contributed by atoms with Gasteiger partial charge in [-0.2, -0.15) is 0 Å². The molecule has 0 fully saturated rings. The highest BCUT2D eigenvalue weighted by Crippen LogP contribution is 2.30. The average Bonchev–Trinajstić information content (AvgIpc) is 2.99. The number of aromatic nitrogens is 4. The van der Waals surface area contributed by atoms with Crippen molar-refractivity contribution in [3.8, 4) is 22.8 Å². The first-order valence-electron chi connectivity index (χ1n) is 7.24. The zero-order valence-electron chi connectivity index (χ0n) is 12.6. The summed E-state index contributed by atoms with van der Waals surface area (Å²) in [5, 5.41) is 0.493. The number of halogens is 3. The van der Waals surface area contributed by atoms with E-state index in [1.807, 2.05) is 24.3 Å². The molecule has 25 heavy (non-hydrogen) atoms. The molecule has 0 bridgehead atoms. The Hall–Kier alpha value is -1.76. The molecule has 0 amide bonds. The van der Waals surface area contributed by atoms with Crippen molar-refractivity contribution in [2.24, 2.45) is 0 Å². The Morgan fingerprint density at radius 3 is 2.60 bits per heavy atom. The quantitative estimate of drug-likeness (QED) is 0.391. The van der Waals surface area contributed by atoms with E-state index < -0.39 is 0 Å². The van der Waals surface area contributed by atoms with Gasteiger partial charge in [0.25, 0.3) is 0 Å². The summed E-state index contributed by atoms with van der Waals surface area (Å²) in [6.45, 7) is 5.68. The van der Waals surface area contributed by atoms with E-state index in [0.29, 0.717) is 22.1 Å². The molecular formula is C18H9Br2ClN4. The van der Waals surface area contributed by atoms with Gasteiger partial charge in [-0.3, -0.25) is 9.97 Å². The lowest BCUT2D eigenvalue weighted by Gasteiger charge is -2.04. The second kappa shape index (κ2) is 6.52. The summed E-state index contributed by atoms with van der Waals surface area (Å²) in [6.07, 6.45) is 3.29. The van der Waals surface area contributed by atoms with E-state index in [2.05, 4.69) is 51.8 Å². The van der Waals surface area contributed by atoms with Crippen molar-refractivity contribution in [1.29, 1.82) is 0 Å². The summed E-state index contributed by atoms with van der Waals surface area (Å²) in [6, 6.07) is 9.39. The molecule has 4 aromatic rings. The Bertz CT molecular complexity index is 1090. The molecule has 1 N–H and O–H groups in total. The van der Waals surface area contributed by atoms with Crippen LogP contribution in [0.15, 0.2) is 51.7 Å². The second-order valence-electron chi connectivity index (χ2n) is 5.40. The highest BCUT2D eigenvalue weighted by Gasteiger charge is 2.11. The van der Waals surface area contributed by atoms with Crippen LogP contribution in [0.1, 0.15) is 5.56 Å². The number of nitrogens with zero attached hydrogens (tertiary/aromatic N) is 3. The number of rotatable bonds is 2. The molecule has 2 radical (unpaired) electrons. The zero-order valence-corrected chi connectivity index (χ0v) is 16.5. The maximum atomic E-state index is 6.21. The normalized spacial score (nSPS) is 11.2. The van der Waals surface area contributed by atoms with Gasteiger partial charge in [0.1, 0.15) is 11.2 Å². The topological polar surface area (TPSA) is 54.5 Å². The van der Waals surface area contributed by atoms with Crippen LogP contribution in [-0.2, 0) is 0 Å². The highest BCUT2D eigenvalue weighted by molar-refractivity contribution is 9.11. The molecule has 1 aromatic carbocycles. The fourth-order valence-corrected chi connectivity index (χ4v) is 4.10. The summed E-state index contributed by atoms with van der Waals surface area (Å²) < 4.78 is 1.88. The molecule has 4 rings (SSSR count). The first-order valence-corrected chi connectivity index (χ1v) is 9.20. The van der Waals surface area contributed by atoms with Gasteiger partial charge in [-0.15, -0.1) is 0 Å². The molecule has 3 heterocycles. The standard InChI is InChI=1S/C18H9Br2ClN4/c1-9-4-13(21)16(23-7-9)10-2-3-14(22-8-10)18-24-15-6-11(19)5-12(20)17(15)25-18/h1-8H,(H,24,25). The van der Waals surface area contributed by atoms with Gasteiger partial charge in [0.15, 0.2) is 5.82 Å². The Morgan fingerprint density at radius 1 is 1.04 bits per heavy atom. The fraction of sp³-hybridized carbons (Fsp3) is 0. The predicted octanol–water partition coefficient (Wildman–Crippen LogP) is 5.92. The monoisotopic (exact) mass is 474 g/mol. The van der Waals surface area contributed by atoms with Crippen molar-refractivity contribution in [3.63, 3.8) is 0 Å². The number of benzene rings is 1. The summed E-state index contributed by atoms with van der Waals surface area (Å²) in [5.41, 5.74) is 4.49. The van der Waals surface area contributed by atoms with E-state index in [4.69, 9.17) is 18.5 Å². The summed E-state index contributed by atoms with van der Waals surface area (Å²) in [5.74, 6) is 0.691. The maximum absolute atomic E-state index is 6.21. The van der Waals surface area contributed by atoms with Crippen molar-refractivity contribution in [2.75, 3.05) is 0 Å². The Morgan fingerprint density at radius 2 is 1.88 bits per heavy atom. The summed E-state index contributed by atoms with van der Waals surface area (Å²) in [4.78, 5) is 16.7. The third-order valence-electron chi connectivity index (χ3n) is 3.65. The van der Waals surface area contributed by atoms with Crippen molar-refractivity contribution in [3.05, 3.63) is 69.2 Å². The van der Waals surface area contributed by atoms with E-state index in [-0.39, 0.29) is 0 Å². The van der Waals surface area contributed by atoms with E-state index in [9.17, 15) is 0 Å². The first-order chi connectivity index (χ1) is 12.0. The van der Waals surface area contributed by atoms with Crippen LogP contribution in [-0.4, -0.2) is 19.9 Å². The molecule has 0 unspecified atom stereocenters. The third kappa shape index (κ3) is 3.21. The van der Waals surface area contributed by atoms with Gasteiger partial charge < -0.3 is 4.98 Å². The molecule has 0 aliphatic carbocycles. The van der Waals surface area contributed by atoms with Crippen molar-refractivity contribution >= 4 is 54.5 Å². The van der Waals surface area contributed by atoms with E-state index in [0.717, 1.165) is 31.2 Å². The Balaban J connectivity index is 1.74. The Kier molecular flexibility index (Phi) is 4.35. The van der Waals surface area contributed by atoms with Crippen LogP contribution in [0.5, 0.6) is 0 Å². The minimum absolute atomic E-state index is 0.493. The number of aromatic amines is 1. The zero-order chi connectivity index (χ0) is 17.6. The van der Waals surface area contributed by atoms with E-state index in [1.165, 1.54) is 0 Å². The number of hydrogen-bond acceptors (Lipinski definition) is 3. The minimum atomic E-state index is 0.493. The maximum Gasteiger partial charge on any atom is 0.157 e. The first kappa shape index (κ1) is 16.7. The van der Waals surface area contributed by atoms with Crippen molar-refractivity contribution in [1.82, 2.24) is 19.9 Å². The number of hydrogen-bond donors (Lipinski definition) is 1. The molecule has 0 aliphatic heterocycles. The summed E-state index contributed by atoms with van der Waals surface area (Å²) >= 11 is 13.2. The number of H-pyrrole nitrogens is 1. The molecule has 0 saturated heterocycles. The molecule has 0 aliphatic rings. The molecule has 122 valence electrons. The lowest BCUT2D eigenvalue weighted by atomic mass is 10.1. The predicted molar refractivity (Wildman–Crippen MR) is 106 cm³/mol.